The number of hydrogen-bond acceptors (Lipinski definition) is 2. The molecule has 1 atom stereocenters. The molecule has 0 aliphatic carbocycles. The molecule has 1 unspecified atom stereocenters. The van der Waals surface area contributed by atoms with Crippen LogP contribution in [0.5, 0.6) is 0 Å². The first-order valence-electron chi connectivity index (χ1n) is 5.67. The van der Waals surface area contributed by atoms with Gasteiger partial charge in [-0.3, -0.25) is 4.79 Å². The summed E-state index contributed by atoms with van der Waals surface area (Å²) in [5, 5.41) is 12.5. The highest BCUT2D eigenvalue weighted by Crippen LogP contribution is 2.11. The minimum absolute atomic E-state index is 0.0427. The zero-order chi connectivity index (χ0) is 12.8. The van der Waals surface area contributed by atoms with E-state index in [9.17, 15) is 4.79 Å². The summed E-state index contributed by atoms with van der Waals surface area (Å²) >= 11 is 5.84. The smallest absolute Gasteiger partial charge is 0.224 e. The average molecular weight is 256 g/mol. The van der Waals surface area contributed by atoms with Gasteiger partial charge in [-0.25, -0.2) is 0 Å². The van der Waals surface area contributed by atoms with E-state index < -0.39 is 0 Å². The van der Waals surface area contributed by atoms with Gasteiger partial charge in [0.2, 0.25) is 5.91 Å². The second kappa shape index (κ2) is 6.62. The lowest BCUT2D eigenvalue weighted by Crippen LogP contribution is -2.41. The molecule has 0 bridgehead atoms. The number of aliphatic hydroxyl groups is 1. The predicted octanol–water partition coefficient (Wildman–Crippen LogP) is 2.02. The van der Waals surface area contributed by atoms with Gasteiger partial charge in [0.15, 0.2) is 0 Å². The van der Waals surface area contributed by atoms with Gasteiger partial charge in [-0.05, 0) is 23.6 Å². The van der Waals surface area contributed by atoms with Crippen LogP contribution in [0.2, 0.25) is 5.02 Å². The van der Waals surface area contributed by atoms with E-state index in [1.54, 1.807) is 12.1 Å². The normalized spacial score (nSPS) is 12.5. The number of carbonyl (C=O) groups excluding carboxylic acids is 1. The maximum atomic E-state index is 11.7. The van der Waals surface area contributed by atoms with E-state index in [1.807, 2.05) is 26.0 Å². The third-order valence-electron chi connectivity index (χ3n) is 2.60. The maximum absolute atomic E-state index is 11.7. The van der Waals surface area contributed by atoms with Crippen LogP contribution in [0.25, 0.3) is 0 Å². The van der Waals surface area contributed by atoms with Gasteiger partial charge in [-0.15, -0.1) is 0 Å². The number of halogens is 1. The van der Waals surface area contributed by atoms with Gasteiger partial charge < -0.3 is 10.4 Å². The number of nitrogens with one attached hydrogen (secondary N) is 1. The summed E-state index contributed by atoms with van der Waals surface area (Å²) in [6, 6.07) is 7.02. The van der Waals surface area contributed by atoms with Crippen molar-refractivity contribution in [3.8, 4) is 0 Å². The van der Waals surface area contributed by atoms with Crippen LogP contribution in [-0.4, -0.2) is 23.7 Å². The lowest BCUT2D eigenvalue weighted by atomic mass is 10.0. The van der Waals surface area contributed by atoms with Crippen LogP contribution in [-0.2, 0) is 11.2 Å². The van der Waals surface area contributed by atoms with Gasteiger partial charge in [0.05, 0.1) is 19.1 Å². The third kappa shape index (κ3) is 4.75. The molecule has 1 rings (SSSR count). The minimum Gasteiger partial charge on any atom is -0.394 e. The minimum atomic E-state index is -0.193. The Morgan fingerprint density at radius 2 is 2.18 bits per heavy atom. The molecule has 0 fully saturated rings. The van der Waals surface area contributed by atoms with Crippen LogP contribution in [0.1, 0.15) is 19.4 Å². The van der Waals surface area contributed by atoms with Gasteiger partial charge in [0, 0.05) is 5.02 Å². The molecule has 2 N–H and O–H groups in total. The van der Waals surface area contributed by atoms with Crippen LogP contribution in [0, 0.1) is 5.92 Å². The van der Waals surface area contributed by atoms with Gasteiger partial charge in [-0.1, -0.05) is 37.6 Å². The summed E-state index contributed by atoms with van der Waals surface area (Å²) in [6.45, 7) is 3.88. The molecule has 3 nitrogen and oxygen atoms in total. The summed E-state index contributed by atoms with van der Waals surface area (Å²) in [5.41, 5.74) is 0.871. The number of aliphatic hydroxyl groups excluding tert-OH is 1. The van der Waals surface area contributed by atoms with E-state index >= 15 is 0 Å². The molecule has 0 aromatic heterocycles. The third-order valence-corrected chi connectivity index (χ3v) is 2.84. The summed E-state index contributed by atoms with van der Waals surface area (Å²) in [6.07, 6.45) is 0.282. The van der Waals surface area contributed by atoms with Crippen molar-refractivity contribution in [3.63, 3.8) is 0 Å². The molecule has 0 saturated heterocycles. The number of amides is 1. The first kappa shape index (κ1) is 14.0. The summed E-state index contributed by atoms with van der Waals surface area (Å²) in [7, 11) is 0. The molecule has 0 heterocycles. The van der Waals surface area contributed by atoms with Gasteiger partial charge >= 0.3 is 0 Å². The largest absolute Gasteiger partial charge is 0.394 e. The van der Waals surface area contributed by atoms with Crippen molar-refractivity contribution in [1.29, 1.82) is 0 Å². The molecule has 0 saturated carbocycles. The number of carbonyl (C=O) groups is 1. The fourth-order valence-electron chi connectivity index (χ4n) is 1.51. The van der Waals surface area contributed by atoms with Crippen LogP contribution in [0.4, 0.5) is 0 Å². The van der Waals surface area contributed by atoms with Crippen molar-refractivity contribution < 1.29 is 9.90 Å². The fourth-order valence-corrected chi connectivity index (χ4v) is 1.73. The van der Waals surface area contributed by atoms with Crippen molar-refractivity contribution in [2.45, 2.75) is 26.3 Å². The molecule has 0 aliphatic rings. The molecule has 4 heteroatoms. The summed E-state index contributed by atoms with van der Waals surface area (Å²) < 4.78 is 0. The summed E-state index contributed by atoms with van der Waals surface area (Å²) in [5.74, 6) is 0.114. The second-order valence-corrected chi connectivity index (χ2v) is 4.84. The first-order chi connectivity index (χ1) is 8.02. The Labute approximate surface area is 107 Å². The maximum Gasteiger partial charge on any atom is 0.224 e. The highest BCUT2D eigenvalue weighted by Gasteiger charge is 2.15. The molecule has 0 spiro atoms. The van der Waals surface area contributed by atoms with Gasteiger partial charge in [0.1, 0.15) is 0 Å². The van der Waals surface area contributed by atoms with Crippen molar-refractivity contribution in [2.75, 3.05) is 6.61 Å². The number of hydrogen-bond donors (Lipinski definition) is 2. The molecular formula is C13H18ClNO2. The molecule has 0 radical (unpaired) electrons. The lowest BCUT2D eigenvalue weighted by Gasteiger charge is -2.19. The zero-order valence-electron chi connectivity index (χ0n) is 10.1. The Bertz CT molecular complexity index is 379. The van der Waals surface area contributed by atoms with E-state index in [2.05, 4.69) is 5.32 Å². The molecule has 1 aromatic rings. The topological polar surface area (TPSA) is 49.3 Å². The number of rotatable bonds is 5. The van der Waals surface area contributed by atoms with Crippen LogP contribution in [0.3, 0.4) is 0 Å². The van der Waals surface area contributed by atoms with E-state index in [-0.39, 0.29) is 30.9 Å². The molecular weight excluding hydrogens is 238 g/mol. The van der Waals surface area contributed by atoms with Crippen molar-refractivity contribution in [3.05, 3.63) is 34.9 Å². The molecule has 1 amide bonds. The van der Waals surface area contributed by atoms with E-state index in [1.165, 1.54) is 0 Å². The van der Waals surface area contributed by atoms with Crippen molar-refractivity contribution >= 4 is 17.5 Å². The van der Waals surface area contributed by atoms with Crippen LogP contribution in [0.15, 0.2) is 24.3 Å². The van der Waals surface area contributed by atoms with Crippen LogP contribution >= 0.6 is 11.6 Å². The van der Waals surface area contributed by atoms with E-state index in [4.69, 9.17) is 16.7 Å². The standard InChI is InChI=1S/C13H18ClNO2/c1-9(2)12(8-16)15-13(17)7-10-4-3-5-11(14)6-10/h3-6,9,12,16H,7-8H2,1-2H3,(H,15,17). The Morgan fingerprint density at radius 1 is 1.47 bits per heavy atom. The molecule has 0 aliphatic heterocycles. The molecule has 17 heavy (non-hydrogen) atoms. The van der Waals surface area contributed by atoms with Crippen LogP contribution < -0.4 is 5.32 Å². The number of benzene rings is 1. The van der Waals surface area contributed by atoms with Crippen molar-refractivity contribution in [2.24, 2.45) is 5.92 Å². The second-order valence-electron chi connectivity index (χ2n) is 4.41. The SMILES string of the molecule is CC(C)C(CO)NC(=O)Cc1cccc(Cl)c1. The summed E-state index contributed by atoms with van der Waals surface area (Å²) in [4.78, 5) is 11.7. The average Bonchev–Trinajstić information content (AvgIpc) is 2.25. The Hall–Kier alpha value is -1.06. The van der Waals surface area contributed by atoms with Crippen molar-refractivity contribution in [1.82, 2.24) is 5.32 Å². The highest BCUT2D eigenvalue weighted by molar-refractivity contribution is 6.30. The van der Waals surface area contributed by atoms with Gasteiger partial charge in [-0.2, -0.15) is 0 Å². The quantitative estimate of drug-likeness (QED) is 0.846. The lowest BCUT2D eigenvalue weighted by molar-refractivity contribution is -0.121. The Balaban J connectivity index is 2.55. The fraction of sp³-hybridized carbons (Fsp3) is 0.462. The predicted molar refractivity (Wildman–Crippen MR) is 69.0 cm³/mol. The highest BCUT2D eigenvalue weighted by atomic mass is 35.5. The van der Waals surface area contributed by atoms with E-state index in [0.717, 1.165) is 5.56 Å². The Morgan fingerprint density at radius 3 is 2.71 bits per heavy atom. The molecule has 94 valence electrons. The zero-order valence-corrected chi connectivity index (χ0v) is 10.9. The van der Waals surface area contributed by atoms with E-state index in [0.29, 0.717) is 5.02 Å². The van der Waals surface area contributed by atoms with Gasteiger partial charge in [0.25, 0.3) is 0 Å². The first-order valence-corrected chi connectivity index (χ1v) is 6.05. The Kier molecular flexibility index (Phi) is 5.45. The molecule has 1 aromatic carbocycles. The monoisotopic (exact) mass is 255 g/mol.